The molecule has 8 nitrogen and oxygen atoms in total. The molecule has 4 aromatic heterocycles. The number of para-hydroxylation sites is 1. The van der Waals surface area contributed by atoms with Gasteiger partial charge in [0.15, 0.2) is 5.65 Å². The maximum atomic E-state index is 13.5. The van der Waals surface area contributed by atoms with Gasteiger partial charge >= 0.3 is 0 Å². The molecule has 0 aliphatic rings. The predicted molar refractivity (Wildman–Crippen MR) is 136 cm³/mol. The number of nitrogens with one attached hydrogen (secondary N) is 2. The second-order valence-electron chi connectivity index (χ2n) is 8.09. The van der Waals surface area contributed by atoms with Gasteiger partial charge in [0, 0.05) is 12.7 Å². The summed E-state index contributed by atoms with van der Waals surface area (Å²) in [6.07, 6.45) is 5.37. The van der Waals surface area contributed by atoms with Crippen molar-refractivity contribution in [3.63, 3.8) is 0 Å². The van der Waals surface area contributed by atoms with Crippen LogP contribution in [0.15, 0.2) is 53.6 Å². The highest BCUT2D eigenvalue weighted by Crippen LogP contribution is 2.31. The summed E-state index contributed by atoms with van der Waals surface area (Å²) >= 11 is 1.41. The van der Waals surface area contributed by atoms with Gasteiger partial charge in [-0.05, 0) is 37.6 Å². The lowest BCUT2D eigenvalue weighted by Crippen LogP contribution is -2.29. The van der Waals surface area contributed by atoms with Crippen molar-refractivity contribution in [1.82, 2.24) is 24.7 Å². The zero-order chi connectivity index (χ0) is 23.7. The van der Waals surface area contributed by atoms with E-state index in [0.717, 1.165) is 35.3 Å². The third-order valence-corrected chi connectivity index (χ3v) is 6.76. The van der Waals surface area contributed by atoms with Gasteiger partial charge in [-0.2, -0.15) is 0 Å². The number of nitrogens with zero attached hydrogens (tertiary/aromatic N) is 4. The van der Waals surface area contributed by atoms with E-state index >= 15 is 0 Å². The van der Waals surface area contributed by atoms with Crippen molar-refractivity contribution in [1.29, 1.82) is 0 Å². The molecule has 0 radical (unpaired) electrons. The lowest BCUT2D eigenvalue weighted by molar-refractivity contribution is 0.0951. The van der Waals surface area contributed by atoms with Gasteiger partial charge in [-0.1, -0.05) is 25.5 Å². The summed E-state index contributed by atoms with van der Waals surface area (Å²) in [6, 6.07) is 11.4. The fourth-order valence-electron chi connectivity index (χ4n) is 3.85. The van der Waals surface area contributed by atoms with Crippen LogP contribution in [0.3, 0.4) is 0 Å². The highest BCUT2D eigenvalue weighted by Gasteiger charge is 2.22. The zero-order valence-corrected chi connectivity index (χ0v) is 19.8. The SMILES string of the molecule is CCCCNc1ccc2c(=O)c(C(=O)NCc3cnc(C)cn3)c3sc4ccccc4n3c2n1. The first-order valence-corrected chi connectivity index (χ1v) is 12.0. The topological polar surface area (TPSA) is 101 Å². The molecule has 0 unspecified atom stereocenters. The van der Waals surface area contributed by atoms with Crippen LogP contribution in [0.25, 0.3) is 26.1 Å². The quantitative estimate of drug-likeness (QED) is 0.343. The van der Waals surface area contributed by atoms with Crippen molar-refractivity contribution in [2.24, 2.45) is 0 Å². The molecular formula is C25H24N6O2S. The summed E-state index contributed by atoms with van der Waals surface area (Å²) in [6.45, 7) is 4.97. The molecule has 0 saturated carbocycles. The van der Waals surface area contributed by atoms with Crippen molar-refractivity contribution >= 4 is 49.1 Å². The van der Waals surface area contributed by atoms with Crippen LogP contribution in [0.1, 0.15) is 41.5 Å². The number of carbonyl (C=O) groups excluding carboxylic acids is 1. The number of pyridine rings is 2. The number of aromatic nitrogens is 4. The summed E-state index contributed by atoms with van der Waals surface area (Å²) < 4.78 is 2.89. The first kappa shape index (κ1) is 22.0. The van der Waals surface area contributed by atoms with Crippen LogP contribution < -0.4 is 16.1 Å². The second-order valence-corrected chi connectivity index (χ2v) is 9.12. The molecule has 0 bridgehead atoms. The fraction of sp³-hybridized carbons (Fsp3) is 0.240. The molecule has 0 atom stereocenters. The number of fused-ring (bicyclic) bond motifs is 5. The number of hydrogen-bond donors (Lipinski definition) is 2. The van der Waals surface area contributed by atoms with Gasteiger partial charge in [0.1, 0.15) is 16.2 Å². The van der Waals surface area contributed by atoms with Gasteiger partial charge in [0.05, 0.1) is 39.7 Å². The summed E-state index contributed by atoms with van der Waals surface area (Å²) in [7, 11) is 0. The number of carbonyl (C=O) groups is 1. The Labute approximate surface area is 199 Å². The molecule has 34 heavy (non-hydrogen) atoms. The molecule has 0 spiro atoms. The van der Waals surface area contributed by atoms with E-state index in [9.17, 15) is 9.59 Å². The van der Waals surface area contributed by atoms with E-state index < -0.39 is 5.91 Å². The third kappa shape index (κ3) is 3.99. The Hall–Kier alpha value is -3.85. The molecule has 0 aliphatic heterocycles. The highest BCUT2D eigenvalue weighted by molar-refractivity contribution is 7.24. The molecule has 1 aromatic carbocycles. The lowest BCUT2D eigenvalue weighted by atomic mass is 10.1. The van der Waals surface area contributed by atoms with Crippen LogP contribution in [0.2, 0.25) is 0 Å². The van der Waals surface area contributed by atoms with E-state index in [1.807, 2.05) is 35.6 Å². The van der Waals surface area contributed by atoms with Gasteiger partial charge in [-0.15, -0.1) is 11.3 Å². The summed E-state index contributed by atoms with van der Waals surface area (Å²) in [5.41, 5.74) is 2.65. The molecule has 172 valence electrons. The van der Waals surface area contributed by atoms with Crippen molar-refractivity contribution in [2.45, 2.75) is 33.2 Å². The Kier molecular flexibility index (Phi) is 5.93. The number of rotatable bonds is 7. The number of thiazole rings is 1. The standard InChI is InChI=1S/C25H24N6O2S/c1-3-4-11-26-20-10-9-17-22(32)21(24(33)29-14-16-13-27-15(2)12-28-16)25-31(23(17)30-20)18-7-5-6-8-19(18)34-25/h5-10,12-13H,3-4,11,14H2,1-2H3,(H,26,30)(H,29,33). The number of unbranched alkanes of at least 4 members (excludes halogenated alkanes) is 1. The Balaban J connectivity index is 1.64. The average Bonchev–Trinajstić information content (AvgIpc) is 3.23. The van der Waals surface area contributed by atoms with Crippen molar-refractivity contribution < 1.29 is 4.79 Å². The van der Waals surface area contributed by atoms with E-state index in [4.69, 9.17) is 4.98 Å². The minimum atomic E-state index is -0.441. The maximum Gasteiger partial charge on any atom is 0.258 e. The third-order valence-electron chi connectivity index (χ3n) is 5.62. The zero-order valence-electron chi connectivity index (χ0n) is 19.0. The normalized spacial score (nSPS) is 11.4. The van der Waals surface area contributed by atoms with Crippen LogP contribution in [-0.2, 0) is 6.54 Å². The average molecular weight is 473 g/mol. The molecule has 4 heterocycles. The van der Waals surface area contributed by atoms with Crippen LogP contribution >= 0.6 is 11.3 Å². The summed E-state index contributed by atoms with van der Waals surface area (Å²) in [4.78, 5) is 40.6. The molecule has 9 heteroatoms. The van der Waals surface area contributed by atoms with E-state index in [0.29, 0.717) is 27.4 Å². The fourth-order valence-corrected chi connectivity index (χ4v) is 5.03. The molecule has 5 aromatic rings. The van der Waals surface area contributed by atoms with Crippen molar-refractivity contribution in [2.75, 3.05) is 11.9 Å². The van der Waals surface area contributed by atoms with Crippen molar-refractivity contribution in [3.05, 3.63) is 76.0 Å². The minimum absolute atomic E-state index is 0.113. The molecule has 0 fully saturated rings. The number of amides is 1. The number of benzene rings is 1. The van der Waals surface area contributed by atoms with Gasteiger partial charge in [0.2, 0.25) is 5.43 Å². The first-order valence-electron chi connectivity index (χ1n) is 11.2. The second kappa shape index (κ2) is 9.18. The predicted octanol–water partition coefficient (Wildman–Crippen LogP) is 4.30. The monoisotopic (exact) mass is 472 g/mol. The van der Waals surface area contributed by atoms with E-state index in [1.165, 1.54) is 11.3 Å². The molecular weight excluding hydrogens is 448 g/mol. The first-order chi connectivity index (χ1) is 16.6. The summed E-state index contributed by atoms with van der Waals surface area (Å²) in [5.74, 6) is 0.267. The molecule has 1 amide bonds. The van der Waals surface area contributed by atoms with Crippen LogP contribution in [0, 0.1) is 6.92 Å². The molecule has 5 rings (SSSR count). The number of hydrogen-bond acceptors (Lipinski definition) is 7. The maximum absolute atomic E-state index is 13.5. The van der Waals surface area contributed by atoms with E-state index in [1.54, 1.807) is 24.5 Å². The Morgan fingerprint density at radius 1 is 1.12 bits per heavy atom. The molecule has 2 N–H and O–H groups in total. The van der Waals surface area contributed by atoms with Crippen molar-refractivity contribution in [3.8, 4) is 0 Å². The Bertz CT molecular complexity index is 1570. The van der Waals surface area contributed by atoms with Crippen LogP contribution in [0.5, 0.6) is 0 Å². The molecule has 0 aliphatic carbocycles. The Morgan fingerprint density at radius 2 is 1.97 bits per heavy atom. The Morgan fingerprint density at radius 3 is 2.76 bits per heavy atom. The van der Waals surface area contributed by atoms with Gasteiger partial charge in [0.25, 0.3) is 5.91 Å². The van der Waals surface area contributed by atoms with Gasteiger partial charge < -0.3 is 10.6 Å². The molecule has 0 saturated heterocycles. The van der Waals surface area contributed by atoms with E-state index in [-0.39, 0.29) is 17.5 Å². The van der Waals surface area contributed by atoms with Crippen LogP contribution in [0.4, 0.5) is 5.82 Å². The largest absolute Gasteiger partial charge is 0.370 e. The lowest BCUT2D eigenvalue weighted by Gasteiger charge is -2.11. The minimum Gasteiger partial charge on any atom is -0.370 e. The van der Waals surface area contributed by atoms with Gasteiger partial charge in [-0.25, -0.2) is 4.98 Å². The summed E-state index contributed by atoms with van der Waals surface area (Å²) in [5, 5.41) is 6.57. The van der Waals surface area contributed by atoms with Gasteiger partial charge in [-0.3, -0.25) is 24.0 Å². The smallest absolute Gasteiger partial charge is 0.258 e. The van der Waals surface area contributed by atoms with E-state index in [2.05, 4.69) is 27.5 Å². The number of anilines is 1. The highest BCUT2D eigenvalue weighted by atomic mass is 32.1. The van der Waals surface area contributed by atoms with Crippen LogP contribution in [-0.4, -0.2) is 31.8 Å². The number of aryl methyl sites for hydroxylation is 1.